The minimum Gasteiger partial charge on any atom is -0.368 e. The van der Waals surface area contributed by atoms with E-state index in [0.717, 1.165) is 6.42 Å². The zero-order valence-corrected chi connectivity index (χ0v) is 16.8. The molecule has 27 heavy (non-hydrogen) atoms. The van der Waals surface area contributed by atoms with E-state index < -0.39 is 24.0 Å². The van der Waals surface area contributed by atoms with E-state index in [1.165, 1.54) is 4.90 Å². The number of hydrogen-bond donors (Lipinski definition) is 4. The fourth-order valence-electron chi connectivity index (χ4n) is 3.11. The fraction of sp³-hybridized carbons (Fsp3) is 0.765. The molecule has 6 N–H and O–H groups in total. The van der Waals surface area contributed by atoms with E-state index in [-0.39, 0.29) is 30.1 Å². The zero-order chi connectivity index (χ0) is 19.7. The van der Waals surface area contributed by atoms with Gasteiger partial charge in [-0.2, -0.15) is 0 Å². The first-order chi connectivity index (χ1) is 12.3. The number of rotatable bonds is 11. The standard InChI is InChI=1S/C17H31N5O4.ClH/c1-11(2)14(15(19)24)21-16(25)13-7-5-9-22(13)17(26)12(18)6-3-4-8-20-10-23;/h10-14H,3-9,18H2,1-2H3,(H2,19,24)(H,20,23)(H,21,25);1H/t12-,13-,14-;/m0./s1. The molecule has 0 saturated carbocycles. The number of nitrogens with one attached hydrogen (secondary N) is 2. The Kier molecular flexibility index (Phi) is 11.6. The molecule has 0 aromatic rings. The first-order valence-corrected chi connectivity index (χ1v) is 9.12. The summed E-state index contributed by atoms with van der Waals surface area (Å²) >= 11 is 0. The van der Waals surface area contributed by atoms with Crippen LogP contribution in [0.4, 0.5) is 0 Å². The molecule has 0 aromatic carbocycles. The molecule has 0 radical (unpaired) electrons. The quantitative estimate of drug-likeness (QED) is 0.264. The van der Waals surface area contributed by atoms with Gasteiger partial charge in [-0.3, -0.25) is 19.2 Å². The second-order valence-electron chi connectivity index (χ2n) is 7.00. The molecule has 1 aliphatic rings. The van der Waals surface area contributed by atoms with Crippen LogP contribution in [0.2, 0.25) is 0 Å². The van der Waals surface area contributed by atoms with Crippen LogP contribution in [0.15, 0.2) is 0 Å². The van der Waals surface area contributed by atoms with Crippen LogP contribution in [0.1, 0.15) is 46.0 Å². The van der Waals surface area contributed by atoms with Crippen molar-refractivity contribution in [3.05, 3.63) is 0 Å². The summed E-state index contributed by atoms with van der Waals surface area (Å²) in [5, 5.41) is 5.22. The van der Waals surface area contributed by atoms with Crippen LogP contribution in [0.25, 0.3) is 0 Å². The highest BCUT2D eigenvalue weighted by Gasteiger charge is 2.37. The molecule has 1 saturated heterocycles. The Hall–Kier alpha value is -1.87. The summed E-state index contributed by atoms with van der Waals surface area (Å²) in [6.45, 7) is 4.61. The van der Waals surface area contributed by atoms with Gasteiger partial charge in [0.2, 0.25) is 24.1 Å². The van der Waals surface area contributed by atoms with Crippen molar-refractivity contribution in [2.75, 3.05) is 13.1 Å². The molecule has 1 aliphatic heterocycles. The van der Waals surface area contributed by atoms with E-state index in [9.17, 15) is 19.2 Å². The summed E-state index contributed by atoms with van der Waals surface area (Å²) in [5.74, 6) is -1.35. The third-order valence-electron chi connectivity index (χ3n) is 4.60. The van der Waals surface area contributed by atoms with Gasteiger partial charge in [0.25, 0.3) is 0 Å². The van der Waals surface area contributed by atoms with Crippen LogP contribution >= 0.6 is 12.4 Å². The van der Waals surface area contributed by atoms with Crippen LogP contribution in [-0.2, 0) is 19.2 Å². The summed E-state index contributed by atoms with van der Waals surface area (Å²) in [6, 6.07) is -2.07. The Morgan fingerprint density at radius 1 is 1.26 bits per heavy atom. The van der Waals surface area contributed by atoms with Gasteiger partial charge in [0.1, 0.15) is 12.1 Å². The average molecular weight is 406 g/mol. The largest absolute Gasteiger partial charge is 0.368 e. The molecule has 0 bridgehead atoms. The topological polar surface area (TPSA) is 148 Å². The minimum absolute atomic E-state index is 0. The lowest BCUT2D eigenvalue weighted by Gasteiger charge is -2.28. The first-order valence-electron chi connectivity index (χ1n) is 9.12. The van der Waals surface area contributed by atoms with Crippen LogP contribution in [-0.4, -0.2) is 60.2 Å². The molecular weight excluding hydrogens is 374 g/mol. The highest BCUT2D eigenvalue weighted by molar-refractivity contribution is 5.93. The van der Waals surface area contributed by atoms with Gasteiger partial charge in [0.15, 0.2) is 0 Å². The summed E-state index contributed by atoms with van der Waals surface area (Å²) in [5.41, 5.74) is 11.3. The molecule has 3 atom stereocenters. The molecule has 0 spiro atoms. The van der Waals surface area contributed by atoms with Gasteiger partial charge in [-0.1, -0.05) is 13.8 Å². The summed E-state index contributed by atoms with van der Waals surface area (Å²) in [7, 11) is 0. The predicted octanol–water partition coefficient (Wildman–Crippen LogP) is -0.731. The highest BCUT2D eigenvalue weighted by Crippen LogP contribution is 2.20. The Bertz CT molecular complexity index is 518. The normalized spacial score (nSPS) is 18.4. The number of nitrogens with two attached hydrogens (primary N) is 2. The lowest BCUT2D eigenvalue weighted by atomic mass is 10.0. The SMILES string of the molecule is CC(C)[C@H](NC(=O)[C@@H]1CCCN1C(=O)[C@@H](N)CCCCNC=O)C(N)=O.Cl. The van der Waals surface area contributed by atoms with E-state index in [1.54, 1.807) is 13.8 Å². The Morgan fingerprint density at radius 3 is 2.48 bits per heavy atom. The van der Waals surface area contributed by atoms with Crippen LogP contribution in [0.5, 0.6) is 0 Å². The smallest absolute Gasteiger partial charge is 0.243 e. The molecule has 0 aliphatic carbocycles. The van der Waals surface area contributed by atoms with Crippen molar-refractivity contribution in [1.29, 1.82) is 0 Å². The number of carbonyl (C=O) groups excluding carboxylic acids is 4. The van der Waals surface area contributed by atoms with Gasteiger partial charge in [0, 0.05) is 13.1 Å². The maximum Gasteiger partial charge on any atom is 0.243 e. The van der Waals surface area contributed by atoms with Gasteiger partial charge in [0.05, 0.1) is 6.04 Å². The van der Waals surface area contributed by atoms with Gasteiger partial charge < -0.3 is 27.0 Å². The molecule has 1 heterocycles. The Morgan fingerprint density at radius 2 is 1.93 bits per heavy atom. The van der Waals surface area contributed by atoms with Crippen LogP contribution in [0.3, 0.4) is 0 Å². The van der Waals surface area contributed by atoms with Crippen molar-refractivity contribution in [1.82, 2.24) is 15.5 Å². The van der Waals surface area contributed by atoms with Gasteiger partial charge >= 0.3 is 0 Å². The summed E-state index contributed by atoms with van der Waals surface area (Å²) < 4.78 is 0. The molecule has 9 nitrogen and oxygen atoms in total. The Labute approximate surface area is 166 Å². The third kappa shape index (κ3) is 7.72. The number of hydrogen-bond acceptors (Lipinski definition) is 5. The molecule has 1 fully saturated rings. The van der Waals surface area contributed by atoms with E-state index in [4.69, 9.17) is 11.5 Å². The Balaban J connectivity index is 0.00000676. The van der Waals surface area contributed by atoms with Crippen LogP contribution in [0, 0.1) is 5.92 Å². The highest BCUT2D eigenvalue weighted by atomic mass is 35.5. The number of unbranched alkanes of at least 4 members (excludes halogenated alkanes) is 1. The molecule has 4 amide bonds. The molecule has 0 unspecified atom stereocenters. The van der Waals surface area contributed by atoms with E-state index in [2.05, 4.69) is 10.6 Å². The average Bonchev–Trinajstić information content (AvgIpc) is 3.07. The maximum atomic E-state index is 12.6. The number of nitrogens with zero attached hydrogens (tertiary/aromatic N) is 1. The van der Waals surface area contributed by atoms with E-state index >= 15 is 0 Å². The second-order valence-corrected chi connectivity index (χ2v) is 7.00. The van der Waals surface area contributed by atoms with Crippen molar-refractivity contribution >= 4 is 36.5 Å². The van der Waals surface area contributed by atoms with Crippen molar-refractivity contribution in [3.63, 3.8) is 0 Å². The number of halogens is 1. The summed E-state index contributed by atoms with van der Waals surface area (Å²) in [6.07, 6.45) is 3.81. The van der Waals surface area contributed by atoms with Crippen molar-refractivity contribution in [3.8, 4) is 0 Å². The molecule has 10 heteroatoms. The maximum absolute atomic E-state index is 12.6. The van der Waals surface area contributed by atoms with E-state index in [0.29, 0.717) is 45.2 Å². The lowest BCUT2D eigenvalue weighted by Crippen LogP contribution is -2.55. The predicted molar refractivity (Wildman–Crippen MR) is 104 cm³/mol. The van der Waals surface area contributed by atoms with Crippen molar-refractivity contribution in [2.45, 2.75) is 64.1 Å². The molecule has 1 rings (SSSR count). The number of amides is 4. The second kappa shape index (κ2) is 12.5. The lowest BCUT2D eigenvalue weighted by molar-refractivity contribution is -0.140. The van der Waals surface area contributed by atoms with Gasteiger partial charge in [-0.25, -0.2) is 0 Å². The monoisotopic (exact) mass is 405 g/mol. The fourth-order valence-corrected chi connectivity index (χ4v) is 3.11. The number of primary amides is 1. The molecule has 0 aromatic heterocycles. The van der Waals surface area contributed by atoms with Gasteiger partial charge in [-0.15, -0.1) is 12.4 Å². The minimum atomic E-state index is -0.765. The zero-order valence-electron chi connectivity index (χ0n) is 16.0. The number of carbonyl (C=O) groups is 4. The van der Waals surface area contributed by atoms with Gasteiger partial charge in [-0.05, 0) is 38.0 Å². The number of likely N-dealkylation sites (tertiary alicyclic amines) is 1. The van der Waals surface area contributed by atoms with Crippen molar-refractivity contribution in [2.24, 2.45) is 17.4 Å². The first kappa shape index (κ1) is 25.1. The molecular formula is C17H32ClN5O4. The van der Waals surface area contributed by atoms with Crippen LogP contribution < -0.4 is 22.1 Å². The third-order valence-corrected chi connectivity index (χ3v) is 4.60. The summed E-state index contributed by atoms with van der Waals surface area (Å²) in [4.78, 5) is 48.3. The van der Waals surface area contributed by atoms with E-state index in [1.807, 2.05) is 0 Å². The molecule has 156 valence electrons. The van der Waals surface area contributed by atoms with Crippen molar-refractivity contribution < 1.29 is 19.2 Å².